The SMILES string of the molecule is CC(C)N1CCC(CN2CC3(C2)CN(C(C)C)C3)CC1.CC(C)N1CCC(CN2CCN(C(C)C)CC2)CC1.CC(C)N1CCC(CN2C[C@@H]3CN(C(C)C)C[C@@H]3C2)CC1.CC(C)N1CCC(CN2C[C@H]3C[C@@H]2CN3C(C)C)CC1. The molecule has 11 aliphatic rings. The van der Waals surface area contributed by atoms with Crippen LogP contribution in [0.3, 0.4) is 0 Å². The van der Waals surface area contributed by atoms with Crippen LogP contribution in [0.1, 0.15) is 169 Å². The topological polar surface area (TPSA) is 38.9 Å². The molecule has 11 rings (SSSR count). The quantitative estimate of drug-likeness (QED) is 0.148. The van der Waals surface area contributed by atoms with Crippen molar-refractivity contribution < 1.29 is 0 Å². The maximum Gasteiger partial charge on any atom is 0.0242 e. The third-order valence-electron chi connectivity index (χ3n) is 23.0. The lowest BCUT2D eigenvalue weighted by Crippen LogP contribution is -2.73. The van der Waals surface area contributed by atoms with Crippen molar-refractivity contribution in [3.63, 3.8) is 0 Å². The van der Waals surface area contributed by atoms with Gasteiger partial charge in [-0.25, -0.2) is 0 Å². The lowest BCUT2D eigenvalue weighted by Gasteiger charge is -2.62. The van der Waals surface area contributed by atoms with E-state index in [1.165, 1.54) is 228 Å². The van der Waals surface area contributed by atoms with E-state index in [1.54, 1.807) is 0 Å². The molecule has 1 spiro atoms. The van der Waals surface area contributed by atoms with E-state index >= 15 is 0 Å². The normalized spacial score (nSPS) is 30.6. The standard InChI is InChI=1S/C18H35N3.2C17H33N3.C16H33N3/c1-14(2)20-7-5-16(6-8-20)9-19-10-17-12-21(15(3)4)13-18(17)11-19;1-14(2)19-7-5-16(6-8-19)9-18-10-17(11-18)12-20(13-17)15(3)4;1-13(2)18-7-5-15(6-8-18)10-19-11-17-9-16(19)12-20(17)14(3)4;1-14(2)18-7-5-16(6-8-18)13-17-9-11-19(12-10-17)15(3)4/h14-18H,5-13H2,1-4H3;14-16H,5-13H2,1-4H3;13-17H,5-12H2,1-4H3;14-16H,5-13H2,1-4H3/t17-,18+;;16-,17-;/m..1./s1. The number of fused-ring (bicyclic) bond motifs is 3. The van der Waals surface area contributed by atoms with Crippen LogP contribution in [0.4, 0.5) is 0 Å². The Balaban J connectivity index is 0.000000140. The number of nitrogens with zero attached hydrogens (tertiary/aromatic N) is 12. The highest BCUT2D eigenvalue weighted by molar-refractivity contribution is 5.07. The lowest BCUT2D eigenvalue weighted by atomic mass is 9.71. The Morgan fingerprint density at radius 3 is 0.988 bits per heavy atom. The fourth-order valence-corrected chi connectivity index (χ4v) is 17.2. The van der Waals surface area contributed by atoms with Crippen molar-refractivity contribution in [1.82, 2.24) is 58.8 Å². The zero-order valence-corrected chi connectivity index (χ0v) is 55.9. The van der Waals surface area contributed by atoms with Gasteiger partial charge in [-0.15, -0.1) is 0 Å². The van der Waals surface area contributed by atoms with E-state index < -0.39 is 0 Å². The second-order valence-corrected chi connectivity index (χ2v) is 31.5. The van der Waals surface area contributed by atoms with Crippen molar-refractivity contribution in [2.24, 2.45) is 40.9 Å². The molecule has 4 atom stereocenters. The van der Waals surface area contributed by atoms with Crippen molar-refractivity contribution in [3.05, 3.63) is 0 Å². The van der Waals surface area contributed by atoms with Crippen LogP contribution in [0.2, 0.25) is 0 Å². The van der Waals surface area contributed by atoms with E-state index in [4.69, 9.17) is 0 Å². The number of piperazine rings is 2. The molecule has 0 aromatic heterocycles. The minimum atomic E-state index is 0.697. The summed E-state index contributed by atoms with van der Waals surface area (Å²) in [5.74, 6) is 5.74. The summed E-state index contributed by atoms with van der Waals surface area (Å²) in [6.07, 6.45) is 12.7. The highest BCUT2D eigenvalue weighted by Gasteiger charge is 2.52. The Labute approximate surface area is 496 Å². The van der Waals surface area contributed by atoms with Gasteiger partial charge < -0.3 is 39.2 Å². The van der Waals surface area contributed by atoms with Gasteiger partial charge in [0.1, 0.15) is 0 Å². The van der Waals surface area contributed by atoms with E-state index in [1.807, 2.05) is 0 Å². The molecule has 0 saturated carbocycles. The van der Waals surface area contributed by atoms with Crippen LogP contribution < -0.4 is 0 Å². The molecular formula is C68H134N12. The first-order valence-corrected chi connectivity index (χ1v) is 35.0. The summed E-state index contributed by atoms with van der Waals surface area (Å²) in [5.41, 5.74) is 0.697. The summed E-state index contributed by atoms with van der Waals surface area (Å²) in [6.45, 7) is 72.0. The van der Waals surface area contributed by atoms with E-state index in [9.17, 15) is 0 Å². The van der Waals surface area contributed by atoms with Crippen LogP contribution >= 0.6 is 0 Å². The van der Waals surface area contributed by atoms with E-state index in [0.717, 1.165) is 95.9 Å². The van der Waals surface area contributed by atoms with Crippen LogP contribution in [0.25, 0.3) is 0 Å². The van der Waals surface area contributed by atoms with Gasteiger partial charge in [-0.05, 0) is 256 Å². The molecule has 11 heterocycles. The van der Waals surface area contributed by atoms with Gasteiger partial charge >= 0.3 is 0 Å². The molecular weight excluding hydrogens is 985 g/mol. The van der Waals surface area contributed by atoms with Gasteiger partial charge in [0.25, 0.3) is 0 Å². The number of rotatable bonds is 16. The monoisotopic (exact) mass is 1120 g/mol. The van der Waals surface area contributed by atoms with Crippen molar-refractivity contribution >= 4 is 0 Å². The predicted molar refractivity (Wildman–Crippen MR) is 342 cm³/mol. The Morgan fingerprint density at radius 2 is 0.637 bits per heavy atom. The molecule has 466 valence electrons. The van der Waals surface area contributed by atoms with Crippen LogP contribution in [0, 0.1) is 40.9 Å². The van der Waals surface area contributed by atoms with E-state index in [-0.39, 0.29) is 0 Å². The average molecular weight is 1120 g/mol. The van der Waals surface area contributed by atoms with Gasteiger partial charge in [-0.1, -0.05) is 0 Å². The molecule has 12 heteroatoms. The maximum absolute atomic E-state index is 2.82. The number of hydrogen-bond acceptors (Lipinski definition) is 12. The Kier molecular flexibility index (Phi) is 24.9. The summed E-state index contributed by atoms with van der Waals surface area (Å²) >= 11 is 0. The van der Waals surface area contributed by atoms with Gasteiger partial charge in [0.15, 0.2) is 0 Å². The zero-order chi connectivity index (χ0) is 57.4. The van der Waals surface area contributed by atoms with Crippen molar-refractivity contribution in [2.75, 3.05) is 170 Å². The third-order valence-corrected chi connectivity index (χ3v) is 23.0. The molecule has 2 bridgehead atoms. The summed E-state index contributed by atoms with van der Waals surface area (Å²) < 4.78 is 0. The van der Waals surface area contributed by atoms with Gasteiger partial charge in [-0.2, -0.15) is 0 Å². The van der Waals surface area contributed by atoms with Crippen LogP contribution in [0.5, 0.6) is 0 Å². The van der Waals surface area contributed by atoms with Gasteiger partial charge in [0.2, 0.25) is 0 Å². The lowest BCUT2D eigenvalue weighted by molar-refractivity contribution is -0.130. The van der Waals surface area contributed by atoms with Gasteiger partial charge in [0.05, 0.1) is 0 Å². The van der Waals surface area contributed by atoms with Crippen LogP contribution in [-0.2, 0) is 0 Å². The maximum atomic E-state index is 2.82. The molecule has 0 N–H and O–H groups in total. The summed E-state index contributed by atoms with van der Waals surface area (Å²) in [7, 11) is 0. The first-order chi connectivity index (χ1) is 38.1. The summed E-state index contributed by atoms with van der Waals surface area (Å²) in [4.78, 5) is 32.3. The fourth-order valence-electron chi connectivity index (χ4n) is 17.2. The highest BCUT2D eigenvalue weighted by atomic mass is 15.4. The summed E-state index contributed by atoms with van der Waals surface area (Å²) in [6, 6.07) is 7.60. The number of likely N-dealkylation sites (tertiary alicyclic amines) is 10. The van der Waals surface area contributed by atoms with Crippen molar-refractivity contribution in [3.8, 4) is 0 Å². The second-order valence-electron chi connectivity index (χ2n) is 31.5. The smallest absolute Gasteiger partial charge is 0.0242 e. The number of piperidine rings is 4. The first kappa shape index (κ1) is 65.5. The molecule has 11 saturated heterocycles. The molecule has 11 aliphatic heterocycles. The first-order valence-electron chi connectivity index (χ1n) is 35.0. The van der Waals surface area contributed by atoms with Crippen LogP contribution in [-0.4, -0.2) is 289 Å². The fraction of sp³-hybridized carbons (Fsp3) is 1.00. The third kappa shape index (κ3) is 18.3. The Bertz CT molecular complexity index is 1680. The minimum absolute atomic E-state index is 0.697. The summed E-state index contributed by atoms with van der Waals surface area (Å²) in [5, 5.41) is 0. The molecule has 80 heavy (non-hydrogen) atoms. The van der Waals surface area contributed by atoms with Gasteiger partial charge in [-0.3, -0.25) is 19.6 Å². The van der Waals surface area contributed by atoms with E-state index in [0.29, 0.717) is 5.41 Å². The second kappa shape index (κ2) is 30.4. The van der Waals surface area contributed by atoms with Crippen LogP contribution in [0.15, 0.2) is 0 Å². The van der Waals surface area contributed by atoms with Crippen molar-refractivity contribution in [1.29, 1.82) is 0 Å². The highest BCUT2D eigenvalue weighted by Crippen LogP contribution is 2.42. The molecule has 0 aromatic rings. The molecule has 0 amide bonds. The molecule has 0 aromatic carbocycles. The van der Waals surface area contributed by atoms with Gasteiger partial charge in [0, 0.05) is 184 Å². The average Bonchev–Trinajstić information content (AvgIpc) is 4.24. The molecule has 12 nitrogen and oxygen atoms in total. The number of hydrogen-bond donors (Lipinski definition) is 0. The van der Waals surface area contributed by atoms with E-state index in [2.05, 4.69) is 170 Å². The molecule has 0 unspecified atom stereocenters. The minimum Gasteiger partial charge on any atom is -0.302 e. The molecule has 0 aliphatic carbocycles. The zero-order valence-electron chi connectivity index (χ0n) is 55.9. The van der Waals surface area contributed by atoms with Crippen molar-refractivity contribution in [2.45, 2.75) is 229 Å². The largest absolute Gasteiger partial charge is 0.302 e. The predicted octanol–water partition coefficient (Wildman–Crippen LogP) is 8.92. The molecule has 0 radical (unpaired) electrons. The molecule has 11 fully saturated rings. The Hall–Kier alpha value is -0.480. The Morgan fingerprint density at radius 1 is 0.287 bits per heavy atom.